The molecule has 1 aromatic heterocycles. The summed E-state index contributed by atoms with van der Waals surface area (Å²) in [5.41, 5.74) is 24.9. The third-order valence-electron chi connectivity index (χ3n) is 15.6. The van der Waals surface area contributed by atoms with Gasteiger partial charge in [0.05, 0.1) is 5.69 Å². The molecule has 13 rings (SSSR count). The Hall–Kier alpha value is -7.56. The first-order valence-corrected chi connectivity index (χ1v) is 24.6. The smallest absolute Gasteiger partial charge is 0.333 e. The van der Waals surface area contributed by atoms with E-state index in [0.717, 1.165) is 50.1 Å². The van der Waals surface area contributed by atoms with Gasteiger partial charge in [-0.25, -0.2) is 0 Å². The number of benzene rings is 9. The largest absolute Gasteiger partial charge is 0.455 e. The van der Waals surface area contributed by atoms with Crippen LogP contribution in [0.4, 0.5) is 28.4 Å². The average molecular weight is 891 g/mol. The number of hydrogen-bond donors (Lipinski definition) is 0. The van der Waals surface area contributed by atoms with Crippen LogP contribution in [-0.2, 0) is 16.2 Å². The Morgan fingerprint density at radius 2 is 1.10 bits per heavy atom. The summed E-state index contributed by atoms with van der Waals surface area (Å²) in [5.74, 6) is 0. The van der Waals surface area contributed by atoms with E-state index in [1.54, 1.807) is 0 Å². The number of furan rings is 1. The quantitative estimate of drug-likeness (QED) is 0.164. The van der Waals surface area contributed by atoms with E-state index in [0.29, 0.717) is 0 Å². The SMILES string of the molecule is CC(C)(C)c1ccc(N2B3c4cc5c(cc4N(c4ccc(C(C)(C)C)cc4-c4ccccc4)c4cc6c(oc7ccccc76)c(c43)-c3cc(-c4ccccc4)ccc32)-c2ccccc2C5(C)C)cc1. The van der Waals surface area contributed by atoms with Crippen LogP contribution in [0.2, 0.25) is 0 Å². The molecule has 0 atom stereocenters. The Kier molecular flexibility index (Phi) is 8.88. The van der Waals surface area contributed by atoms with Gasteiger partial charge in [-0.1, -0.05) is 189 Å². The maximum Gasteiger partial charge on any atom is 0.333 e. The molecule has 69 heavy (non-hydrogen) atoms. The summed E-state index contributed by atoms with van der Waals surface area (Å²) in [6.45, 7) is 18.5. The standard InChI is InChI=1S/C65H55BN2O/c1-63(2,3)43-28-31-45(32-29-43)68-56-33-27-42(40-19-11-9-12-20-40)35-51(56)60-61-58(38-50-47-24-16-18-26-59(47)69-62(50)60)67(55-34-30-44(64(4,5)6)36-48(55)41-21-13-10-14-22-41)57-37-49-46-23-15-17-25-52(46)65(7,8)53(49)39-54(57)66(61)68/h9-39H,1-8H3. The van der Waals surface area contributed by atoms with Gasteiger partial charge in [-0.15, -0.1) is 0 Å². The lowest BCUT2D eigenvalue weighted by Gasteiger charge is -2.46. The summed E-state index contributed by atoms with van der Waals surface area (Å²) in [7, 11) is 0. The van der Waals surface area contributed by atoms with Gasteiger partial charge in [0.2, 0.25) is 0 Å². The lowest BCUT2D eigenvalue weighted by Crippen LogP contribution is -2.61. The normalized spacial score (nSPS) is 14.4. The van der Waals surface area contributed by atoms with E-state index in [9.17, 15) is 0 Å². The zero-order valence-electron chi connectivity index (χ0n) is 40.8. The zero-order valence-corrected chi connectivity index (χ0v) is 40.8. The minimum absolute atomic E-state index is 0.00761. The van der Waals surface area contributed by atoms with Gasteiger partial charge in [0.25, 0.3) is 0 Å². The molecule has 0 N–H and O–H groups in total. The fourth-order valence-electron chi connectivity index (χ4n) is 11.9. The minimum atomic E-state index is -0.211. The summed E-state index contributed by atoms with van der Waals surface area (Å²) >= 11 is 0. The maximum atomic E-state index is 7.21. The van der Waals surface area contributed by atoms with Gasteiger partial charge >= 0.3 is 6.85 Å². The van der Waals surface area contributed by atoms with Crippen LogP contribution in [0.5, 0.6) is 0 Å². The Labute approximate surface area is 406 Å². The monoisotopic (exact) mass is 890 g/mol. The van der Waals surface area contributed by atoms with Crippen molar-refractivity contribution in [3.63, 3.8) is 0 Å². The first-order chi connectivity index (χ1) is 33.3. The van der Waals surface area contributed by atoms with E-state index in [1.165, 1.54) is 77.9 Å². The Bertz CT molecular complexity index is 3720. The number of rotatable bonds is 4. The van der Waals surface area contributed by atoms with Crippen molar-refractivity contribution in [2.75, 3.05) is 9.71 Å². The Morgan fingerprint density at radius 1 is 0.449 bits per heavy atom. The second-order valence-corrected chi connectivity index (χ2v) is 22.1. The van der Waals surface area contributed by atoms with Crippen molar-refractivity contribution >= 4 is 68.1 Å². The molecule has 0 bridgehead atoms. The highest BCUT2D eigenvalue weighted by Crippen LogP contribution is 2.56. The summed E-state index contributed by atoms with van der Waals surface area (Å²) in [6.07, 6.45) is 0. The fourth-order valence-corrected chi connectivity index (χ4v) is 11.9. The number of nitrogens with zero attached hydrogens (tertiary/aromatic N) is 2. The molecule has 1 aliphatic carbocycles. The second kappa shape index (κ2) is 14.7. The van der Waals surface area contributed by atoms with Crippen LogP contribution in [-0.4, -0.2) is 6.85 Å². The van der Waals surface area contributed by atoms with E-state index < -0.39 is 0 Å². The molecule has 0 saturated carbocycles. The Morgan fingerprint density at radius 3 is 1.84 bits per heavy atom. The molecule has 3 nitrogen and oxygen atoms in total. The molecule has 9 aromatic carbocycles. The number of anilines is 5. The number of fused-ring (bicyclic) bond motifs is 11. The third-order valence-corrected chi connectivity index (χ3v) is 15.6. The van der Waals surface area contributed by atoms with Crippen LogP contribution < -0.4 is 20.6 Å². The molecule has 3 aliphatic rings. The highest BCUT2D eigenvalue weighted by molar-refractivity contribution is 6.94. The van der Waals surface area contributed by atoms with Crippen molar-refractivity contribution in [3.05, 3.63) is 210 Å². The second-order valence-electron chi connectivity index (χ2n) is 22.1. The summed E-state index contributed by atoms with van der Waals surface area (Å²) in [4.78, 5) is 5.27. The van der Waals surface area contributed by atoms with Gasteiger partial charge in [0.1, 0.15) is 11.2 Å². The summed E-state index contributed by atoms with van der Waals surface area (Å²) in [5, 5.41) is 2.23. The van der Waals surface area contributed by atoms with E-state index in [2.05, 4.69) is 253 Å². The zero-order chi connectivity index (χ0) is 47.1. The molecule has 10 aromatic rings. The fraction of sp³-hybridized carbons (Fsp3) is 0.169. The molecule has 2 aliphatic heterocycles. The van der Waals surface area contributed by atoms with E-state index in [4.69, 9.17) is 4.42 Å². The van der Waals surface area contributed by atoms with Gasteiger partial charge in [0.15, 0.2) is 0 Å². The molecule has 0 amide bonds. The molecular weight excluding hydrogens is 836 g/mol. The predicted molar refractivity (Wildman–Crippen MR) is 293 cm³/mol. The van der Waals surface area contributed by atoms with Crippen molar-refractivity contribution < 1.29 is 4.42 Å². The average Bonchev–Trinajstić information content (AvgIpc) is 3.84. The molecule has 0 radical (unpaired) electrons. The molecule has 0 spiro atoms. The third kappa shape index (κ3) is 6.20. The molecule has 4 heteroatoms. The van der Waals surface area contributed by atoms with Gasteiger partial charge < -0.3 is 14.1 Å². The minimum Gasteiger partial charge on any atom is -0.455 e. The van der Waals surface area contributed by atoms with Gasteiger partial charge in [-0.2, -0.15) is 0 Å². The van der Waals surface area contributed by atoms with Gasteiger partial charge in [-0.05, 0) is 126 Å². The van der Waals surface area contributed by atoms with Crippen molar-refractivity contribution in [3.8, 4) is 44.5 Å². The molecule has 3 heterocycles. The van der Waals surface area contributed by atoms with Crippen molar-refractivity contribution in [1.29, 1.82) is 0 Å². The van der Waals surface area contributed by atoms with Crippen LogP contribution in [0.15, 0.2) is 192 Å². The first-order valence-electron chi connectivity index (χ1n) is 24.6. The number of para-hydroxylation sites is 1. The van der Waals surface area contributed by atoms with E-state index in [-0.39, 0.29) is 23.1 Å². The van der Waals surface area contributed by atoms with Crippen molar-refractivity contribution in [1.82, 2.24) is 0 Å². The molecule has 0 saturated heterocycles. The highest BCUT2D eigenvalue weighted by atomic mass is 16.3. The molecule has 0 fully saturated rings. The first kappa shape index (κ1) is 41.6. The lowest BCUT2D eigenvalue weighted by molar-refractivity contribution is 0.590. The van der Waals surface area contributed by atoms with Gasteiger partial charge in [-0.3, -0.25) is 0 Å². The van der Waals surface area contributed by atoms with Crippen LogP contribution in [0, 0.1) is 0 Å². The van der Waals surface area contributed by atoms with Crippen molar-refractivity contribution in [2.24, 2.45) is 0 Å². The lowest BCUT2D eigenvalue weighted by atomic mass is 9.43. The van der Waals surface area contributed by atoms with Gasteiger partial charge in [0, 0.05) is 55.6 Å². The summed E-state index contributed by atoms with van der Waals surface area (Å²) < 4.78 is 7.21. The molecule has 0 unspecified atom stereocenters. The van der Waals surface area contributed by atoms with Crippen LogP contribution in [0.3, 0.4) is 0 Å². The topological polar surface area (TPSA) is 19.6 Å². The van der Waals surface area contributed by atoms with Crippen molar-refractivity contribution in [2.45, 2.75) is 71.6 Å². The number of hydrogen-bond acceptors (Lipinski definition) is 3. The molecule has 334 valence electrons. The molecular formula is C65H55BN2O. The van der Waals surface area contributed by atoms with Crippen LogP contribution in [0.1, 0.15) is 77.6 Å². The predicted octanol–water partition coefficient (Wildman–Crippen LogP) is 16.5. The Balaban J connectivity index is 1.21. The van der Waals surface area contributed by atoms with Crippen LogP contribution >= 0.6 is 0 Å². The summed E-state index contributed by atoms with van der Waals surface area (Å²) in [6, 6.07) is 70.8. The van der Waals surface area contributed by atoms with E-state index >= 15 is 0 Å². The van der Waals surface area contributed by atoms with Crippen LogP contribution in [0.25, 0.3) is 66.4 Å². The van der Waals surface area contributed by atoms with E-state index in [1.807, 2.05) is 0 Å². The maximum absolute atomic E-state index is 7.21. The highest BCUT2D eigenvalue weighted by Gasteiger charge is 2.49.